The van der Waals surface area contributed by atoms with Crippen molar-refractivity contribution in [2.24, 2.45) is 5.84 Å². The van der Waals surface area contributed by atoms with Crippen LogP contribution in [0.4, 0.5) is 0 Å². The van der Waals surface area contributed by atoms with Gasteiger partial charge in [0.15, 0.2) is 0 Å². The molecule has 2 nitrogen and oxygen atoms in total. The maximum atomic E-state index is 6.10. The standard InChI is InChI=1S/C17H21ClN2/c1-3-4-13-6-8-14(9-7-13)17(20-19)16-11-15(18)10-5-12(16)2/h5-11,17,20H,3-4,19H2,1-2H3. The van der Waals surface area contributed by atoms with E-state index in [1.54, 1.807) is 0 Å². The Kier molecular flexibility index (Phi) is 5.18. The van der Waals surface area contributed by atoms with Crippen molar-refractivity contribution in [1.82, 2.24) is 5.43 Å². The van der Waals surface area contributed by atoms with Crippen LogP contribution in [0, 0.1) is 6.92 Å². The fraction of sp³-hybridized carbons (Fsp3) is 0.294. The van der Waals surface area contributed by atoms with Gasteiger partial charge in [-0.25, -0.2) is 5.43 Å². The smallest absolute Gasteiger partial charge is 0.0713 e. The van der Waals surface area contributed by atoms with E-state index < -0.39 is 0 Å². The second-order valence-corrected chi connectivity index (χ2v) is 5.53. The molecule has 0 radical (unpaired) electrons. The summed E-state index contributed by atoms with van der Waals surface area (Å²) in [6, 6.07) is 14.5. The van der Waals surface area contributed by atoms with E-state index in [4.69, 9.17) is 17.4 Å². The zero-order valence-corrected chi connectivity index (χ0v) is 12.7. The Balaban J connectivity index is 2.34. The summed E-state index contributed by atoms with van der Waals surface area (Å²) in [6.45, 7) is 4.26. The minimum Gasteiger partial charge on any atom is -0.271 e. The molecule has 0 saturated carbocycles. The van der Waals surface area contributed by atoms with Gasteiger partial charge in [-0.15, -0.1) is 0 Å². The summed E-state index contributed by atoms with van der Waals surface area (Å²) in [6.07, 6.45) is 2.27. The first-order valence-electron chi connectivity index (χ1n) is 6.96. The number of nitrogens with one attached hydrogen (secondary N) is 1. The molecule has 2 aromatic rings. The summed E-state index contributed by atoms with van der Waals surface area (Å²) in [7, 11) is 0. The van der Waals surface area contributed by atoms with Crippen molar-refractivity contribution in [2.45, 2.75) is 32.7 Å². The van der Waals surface area contributed by atoms with Crippen molar-refractivity contribution < 1.29 is 0 Å². The average Bonchev–Trinajstić information content (AvgIpc) is 2.45. The number of nitrogens with two attached hydrogens (primary N) is 1. The van der Waals surface area contributed by atoms with E-state index in [1.165, 1.54) is 11.1 Å². The fourth-order valence-corrected chi connectivity index (χ4v) is 2.63. The highest BCUT2D eigenvalue weighted by molar-refractivity contribution is 6.30. The van der Waals surface area contributed by atoms with E-state index in [0.29, 0.717) is 0 Å². The SMILES string of the molecule is CCCc1ccc(C(NN)c2cc(Cl)ccc2C)cc1. The van der Waals surface area contributed by atoms with Gasteiger partial charge >= 0.3 is 0 Å². The Labute approximate surface area is 125 Å². The molecule has 1 unspecified atom stereocenters. The molecule has 0 aromatic heterocycles. The number of rotatable bonds is 5. The normalized spacial score (nSPS) is 12.4. The van der Waals surface area contributed by atoms with Crippen LogP contribution in [-0.2, 0) is 6.42 Å². The molecule has 3 N–H and O–H groups in total. The molecule has 0 amide bonds. The summed E-state index contributed by atoms with van der Waals surface area (Å²) in [5, 5.41) is 0.730. The molecule has 3 heteroatoms. The molecule has 0 bridgehead atoms. The Bertz CT molecular complexity index is 564. The van der Waals surface area contributed by atoms with Gasteiger partial charge in [0.1, 0.15) is 0 Å². The van der Waals surface area contributed by atoms with Crippen LogP contribution < -0.4 is 11.3 Å². The van der Waals surface area contributed by atoms with Crippen molar-refractivity contribution >= 4 is 11.6 Å². The van der Waals surface area contributed by atoms with Gasteiger partial charge in [0, 0.05) is 5.02 Å². The van der Waals surface area contributed by atoms with Crippen LogP contribution in [0.25, 0.3) is 0 Å². The summed E-state index contributed by atoms with van der Waals surface area (Å²) in [4.78, 5) is 0. The molecule has 0 saturated heterocycles. The zero-order valence-electron chi connectivity index (χ0n) is 12.0. The van der Waals surface area contributed by atoms with Crippen LogP contribution >= 0.6 is 11.6 Å². The Morgan fingerprint density at radius 3 is 2.45 bits per heavy atom. The van der Waals surface area contributed by atoms with Gasteiger partial charge in [0.2, 0.25) is 0 Å². The predicted molar refractivity (Wildman–Crippen MR) is 85.8 cm³/mol. The molecular weight excluding hydrogens is 268 g/mol. The summed E-state index contributed by atoms with van der Waals surface area (Å²) in [5.74, 6) is 5.76. The lowest BCUT2D eigenvalue weighted by Crippen LogP contribution is -2.29. The van der Waals surface area contributed by atoms with Crippen LogP contribution in [0.15, 0.2) is 42.5 Å². The van der Waals surface area contributed by atoms with Gasteiger partial charge in [-0.1, -0.05) is 55.3 Å². The fourth-order valence-electron chi connectivity index (χ4n) is 2.45. The highest BCUT2D eigenvalue weighted by atomic mass is 35.5. The maximum Gasteiger partial charge on any atom is 0.0713 e. The van der Waals surface area contributed by atoms with Crippen LogP contribution in [0.5, 0.6) is 0 Å². The molecule has 0 aliphatic carbocycles. The highest BCUT2D eigenvalue weighted by Crippen LogP contribution is 2.27. The number of hydrogen-bond acceptors (Lipinski definition) is 2. The summed E-state index contributed by atoms with van der Waals surface area (Å²) in [5.41, 5.74) is 7.69. The molecule has 0 aliphatic heterocycles. The Morgan fingerprint density at radius 1 is 1.15 bits per heavy atom. The van der Waals surface area contributed by atoms with Gasteiger partial charge < -0.3 is 0 Å². The molecule has 2 aromatic carbocycles. The molecule has 106 valence electrons. The molecule has 20 heavy (non-hydrogen) atoms. The average molecular weight is 289 g/mol. The third kappa shape index (κ3) is 3.40. The van der Waals surface area contributed by atoms with E-state index in [2.05, 4.69) is 43.5 Å². The van der Waals surface area contributed by atoms with Crippen LogP contribution in [-0.4, -0.2) is 0 Å². The molecule has 0 heterocycles. The van der Waals surface area contributed by atoms with Gasteiger partial charge in [-0.05, 0) is 47.7 Å². The lowest BCUT2D eigenvalue weighted by atomic mass is 9.94. The number of hydrazine groups is 1. The quantitative estimate of drug-likeness (QED) is 0.640. The van der Waals surface area contributed by atoms with Gasteiger partial charge in [0.05, 0.1) is 6.04 Å². The van der Waals surface area contributed by atoms with Crippen molar-refractivity contribution in [1.29, 1.82) is 0 Å². The number of halogens is 1. The Hall–Kier alpha value is -1.35. The first-order valence-corrected chi connectivity index (χ1v) is 7.34. The van der Waals surface area contributed by atoms with Gasteiger partial charge in [-0.3, -0.25) is 5.84 Å². The minimum absolute atomic E-state index is 0.0376. The van der Waals surface area contributed by atoms with Crippen molar-refractivity contribution in [3.05, 3.63) is 69.7 Å². The molecule has 0 fully saturated rings. The molecule has 0 aliphatic rings. The van der Waals surface area contributed by atoms with Gasteiger partial charge in [-0.2, -0.15) is 0 Å². The lowest BCUT2D eigenvalue weighted by Gasteiger charge is -2.19. The van der Waals surface area contributed by atoms with Crippen molar-refractivity contribution in [2.75, 3.05) is 0 Å². The molecule has 0 spiro atoms. The second kappa shape index (κ2) is 6.89. The topological polar surface area (TPSA) is 38.0 Å². The molecule has 2 rings (SSSR count). The summed E-state index contributed by atoms with van der Waals surface area (Å²) < 4.78 is 0. The minimum atomic E-state index is -0.0376. The van der Waals surface area contributed by atoms with E-state index in [1.807, 2.05) is 18.2 Å². The monoisotopic (exact) mass is 288 g/mol. The first-order chi connectivity index (χ1) is 9.65. The van der Waals surface area contributed by atoms with E-state index >= 15 is 0 Å². The molecular formula is C17H21ClN2. The third-order valence-electron chi connectivity index (χ3n) is 3.57. The first kappa shape index (κ1) is 15.0. The van der Waals surface area contributed by atoms with Crippen LogP contribution in [0.3, 0.4) is 0 Å². The number of hydrogen-bond donors (Lipinski definition) is 2. The van der Waals surface area contributed by atoms with E-state index in [0.717, 1.165) is 29.0 Å². The lowest BCUT2D eigenvalue weighted by molar-refractivity contribution is 0.633. The number of aryl methyl sites for hydroxylation is 2. The highest BCUT2D eigenvalue weighted by Gasteiger charge is 2.15. The predicted octanol–water partition coefficient (Wildman–Crippen LogP) is 4.15. The van der Waals surface area contributed by atoms with E-state index in [9.17, 15) is 0 Å². The largest absolute Gasteiger partial charge is 0.271 e. The second-order valence-electron chi connectivity index (χ2n) is 5.09. The van der Waals surface area contributed by atoms with Crippen LogP contribution in [0.1, 0.15) is 41.6 Å². The number of benzene rings is 2. The van der Waals surface area contributed by atoms with Crippen molar-refractivity contribution in [3.63, 3.8) is 0 Å². The maximum absolute atomic E-state index is 6.10. The van der Waals surface area contributed by atoms with Gasteiger partial charge in [0.25, 0.3) is 0 Å². The van der Waals surface area contributed by atoms with Crippen molar-refractivity contribution in [3.8, 4) is 0 Å². The third-order valence-corrected chi connectivity index (χ3v) is 3.81. The van der Waals surface area contributed by atoms with Crippen LogP contribution in [0.2, 0.25) is 5.02 Å². The zero-order chi connectivity index (χ0) is 14.5. The van der Waals surface area contributed by atoms with E-state index in [-0.39, 0.29) is 6.04 Å². The molecule has 1 atom stereocenters. The summed E-state index contributed by atoms with van der Waals surface area (Å²) >= 11 is 6.10. The Morgan fingerprint density at radius 2 is 1.85 bits per heavy atom.